The first-order valence-electron chi connectivity index (χ1n) is 9.07. The van der Waals surface area contributed by atoms with Gasteiger partial charge in [-0.1, -0.05) is 19.9 Å². The summed E-state index contributed by atoms with van der Waals surface area (Å²) >= 11 is 0. The predicted molar refractivity (Wildman–Crippen MR) is 88.2 cm³/mol. The van der Waals surface area contributed by atoms with E-state index in [9.17, 15) is 14.6 Å². The van der Waals surface area contributed by atoms with Crippen LogP contribution in [0, 0.1) is 17.3 Å². The van der Waals surface area contributed by atoms with Gasteiger partial charge in [-0.05, 0) is 79.0 Å². The number of aliphatic hydroxyl groups is 1. The predicted octanol–water partition coefficient (Wildman–Crippen LogP) is 4.12. The van der Waals surface area contributed by atoms with Crippen molar-refractivity contribution in [3.05, 3.63) is 29.3 Å². The lowest BCUT2D eigenvalue weighted by atomic mass is 9.48. The lowest BCUT2D eigenvalue weighted by Gasteiger charge is -2.56. The van der Waals surface area contributed by atoms with Crippen LogP contribution in [0.25, 0.3) is 0 Å². The van der Waals surface area contributed by atoms with Gasteiger partial charge in [0.2, 0.25) is 0 Å². The van der Waals surface area contributed by atoms with Gasteiger partial charge in [0.05, 0.1) is 6.10 Å². The molecule has 3 aliphatic rings. The van der Waals surface area contributed by atoms with Crippen molar-refractivity contribution in [1.82, 2.24) is 0 Å². The zero-order valence-corrected chi connectivity index (χ0v) is 14.1. The minimum Gasteiger partial charge on any atom is -0.508 e. The van der Waals surface area contributed by atoms with Crippen LogP contribution >= 0.6 is 0 Å². The summed E-state index contributed by atoms with van der Waals surface area (Å²) in [6, 6.07) is 5.81. The molecule has 3 aliphatic carbocycles. The van der Waals surface area contributed by atoms with Crippen molar-refractivity contribution >= 4 is 0 Å². The van der Waals surface area contributed by atoms with Crippen molar-refractivity contribution in [3.63, 3.8) is 0 Å². The van der Waals surface area contributed by atoms with Gasteiger partial charge in [-0.25, -0.2) is 4.39 Å². The quantitative estimate of drug-likeness (QED) is 0.817. The van der Waals surface area contributed by atoms with Crippen LogP contribution in [-0.4, -0.2) is 22.5 Å². The van der Waals surface area contributed by atoms with Crippen LogP contribution in [0.5, 0.6) is 5.75 Å². The number of aryl methyl sites for hydroxylation is 1. The zero-order valence-electron chi connectivity index (χ0n) is 14.1. The Bertz CT molecular complexity index is 630. The monoisotopic (exact) mass is 318 g/mol. The molecule has 2 saturated carbocycles. The maximum Gasteiger partial charge on any atom is 0.131 e. The van der Waals surface area contributed by atoms with Crippen LogP contribution in [0.4, 0.5) is 4.39 Å². The number of aromatic hydroxyl groups is 1. The summed E-state index contributed by atoms with van der Waals surface area (Å²) in [4.78, 5) is 0. The molecule has 0 amide bonds. The van der Waals surface area contributed by atoms with E-state index in [1.54, 1.807) is 6.07 Å². The van der Waals surface area contributed by atoms with Crippen molar-refractivity contribution < 1.29 is 14.6 Å². The lowest BCUT2D eigenvalue weighted by molar-refractivity contribution is -0.0345. The molecule has 0 spiro atoms. The fourth-order valence-corrected chi connectivity index (χ4v) is 6.33. The number of rotatable bonds is 1. The van der Waals surface area contributed by atoms with E-state index < -0.39 is 12.3 Å². The highest BCUT2D eigenvalue weighted by atomic mass is 19.1. The summed E-state index contributed by atoms with van der Waals surface area (Å²) in [5.74, 6) is 1.05. The summed E-state index contributed by atoms with van der Waals surface area (Å²) in [5.41, 5.74) is 2.36. The van der Waals surface area contributed by atoms with Crippen molar-refractivity contribution in [2.24, 2.45) is 17.3 Å². The molecule has 0 saturated heterocycles. The molecule has 23 heavy (non-hydrogen) atoms. The van der Waals surface area contributed by atoms with Crippen LogP contribution in [-0.2, 0) is 11.8 Å². The van der Waals surface area contributed by atoms with E-state index in [-0.39, 0.29) is 16.7 Å². The minimum atomic E-state index is -1.08. The molecule has 1 aromatic rings. The zero-order chi connectivity index (χ0) is 16.4. The molecule has 2 N–H and O–H groups in total. The second-order valence-electron chi connectivity index (χ2n) is 8.31. The third-order valence-electron chi connectivity index (χ3n) is 7.60. The molecular weight excluding hydrogens is 291 g/mol. The molecule has 6 atom stereocenters. The van der Waals surface area contributed by atoms with Crippen LogP contribution in [0.15, 0.2) is 18.2 Å². The summed E-state index contributed by atoms with van der Waals surface area (Å²) in [7, 11) is 0. The summed E-state index contributed by atoms with van der Waals surface area (Å²) in [6.45, 7) is 4.31. The molecule has 3 heteroatoms. The first-order valence-corrected chi connectivity index (χ1v) is 9.07. The molecule has 0 heterocycles. The molecule has 126 valence electrons. The standard InChI is InChI=1S/C20H27FO2/c1-3-20-9-8-19(2)16(11-17(23)18(19)21)15(20)6-4-12-10-13(22)5-7-14(12)20/h5,7,10,15-18,22-23H,3-4,6,8-9,11H2,1-2H3/t15?,16?,17-,18+,19+,20-/m1/s1. The van der Waals surface area contributed by atoms with Gasteiger partial charge in [-0.15, -0.1) is 0 Å². The Morgan fingerprint density at radius 1 is 1.26 bits per heavy atom. The number of alkyl halides is 1. The lowest BCUT2D eigenvalue weighted by Crippen LogP contribution is -2.52. The Hall–Kier alpha value is -1.09. The van der Waals surface area contributed by atoms with Crippen molar-refractivity contribution in [1.29, 1.82) is 0 Å². The molecule has 1 aromatic carbocycles. The summed E-state index contributed by atoms with van der Waals surface area (Å²) in [6.07, 6.45) is 3.63. The van der Waals surface area contributed by atoms with E-state index in [2.05, 4.69) is 19.9 Å². The van der Waals surface area contributed by atoms with Gasteiger partial charge in [0.25, 0.3) is 0 Å². The maximum absolute atomic E-state index is 14.7. The first kappa shape index (κ1) is 15.4. The summed E-state index contributed by atoms with van der Waals surface area (Å²) in [5, 5.41) is 20.0. The molecular formula is C20H27FO2. The number of benzene rings is 1. The smallest absolute Gasteiger partial charge is 0.131 e. The van der Waals surface area contributed by atoms with E-state index in [0.717, 1.165) is 32.1 Å². The molecule has 0 aromatic heterocycles. The Labute approximate surface area is 137 Å². The number of halogens is 1. The number of phenols is 1. The third-order valence-corrected chi connectivity index (χ3v) is 7.60. The van der Waals surface area contributed by atoms with Gasteiger partial charge in [0.15, 0.2) is 0 Å². The second-order valence-corrected chi connectivity index (χ2v) is 8.31. The molecule has 2 unspecified atom stereocenters. The normalized spacial score (nSPS) is 45.2. The average Bonchev–Trinajstić information content (AvgIpc) is 2.77. The van der Waals surface area contributed by atoms with Crippen molar-refractivity contribution in [2.75, 3.05) is 0 Å². The highest BCUT2D eigenvalue weighted by Crippen LogP contribution is 2.64. The van der Waals surface area contributed by atoms with Gasteiger partial charge in [-0.2, -0.15) is 0 Å². The number of aliphatic hydroxyl groups excluding tert-OH is 1. The van der Waals surface area contributed by atoms with E-state index in [1.807, 2.05) is 6.07 Å². The minimum absolute atomic E-state index is 0.0925. The Morgan fingerprint density at radius 3 is 2.78 bits per heavy atom. The van der Waals surface area contributed by atoms with Gasteiger partial charge in [0.1, 0.15) is 11.9 Å². The van der Waals surface area contributed by atoms with E-state index >= 15 is 0 Å². The van der Waals surface area contributed by atoms with Gasteiger partial charge >= 0.3 is 0 Å². The maximum atomic E-state index is 14.7. The number of hydrogen-bond donors (Lipinski definition) is 2. The molecule has 4 rings (SSSR count). The Morgan fingerprint density at radius 2 is 2.04 bits per heavy atom. The van der Waals surface area contributed by atoms with Crippen LogP contribution in [0.1, 0.15) is 57.1 Å². The van der Waals surface area contributed by atoms with E-state index in [0.29, 0.717) is 18.1 Å². The Kier molecular flexibility index (Phi) is 3.32. The fourth-order valence-electron chi connectivity index (χ4n) is 6.33. The van der Waals surface area contributed by atoms with Crippen molar-refractivity contribution in [2.45, 2.75) is 70.1 Å². The third kappa shape index (κ3) is 1.89. The Balaban J connectivity index is 1.81. The van der Waals surface area contributed by atoms with E-state index in [1.165, 1.54) is 11.1 Å². The van der Waals surface area contributed by atoms with E-state index in [4.69, 9.17) is 0 Å². The molecule has 0 bridgehead atoms. The highest BCUT2D eigenvalue weighted by molar-refractivity contribution is 5.43. The fraction of sp³-hybridized carbons (Fsp3) is 0.700. The van der Waals surface area contributed by atoms with Gasteiger partial charge < -0.3 is 10.2 Å². The SMILES string of the molecule is CC[C@]12CC[C@@]3(C)C(C[C@@H](O)[C@@H]3F)C1CCc1cc(O)ccc12. The number of hydrogen-bond acceptors (Lipinski definition) is 2. The highest BCUT2D eigenvalue weighted by Gasteiger charge is 2.62. The number of phenolic OH excluding ortho intramolecular Hbond substituents is 1. The molecule has 2 fully saturated rings. The van der Waals surface area contributed by atoms with Gasteiger partial charge in [-0.3, -0.25) is 0 Å². The number of fused-ring (bicyclic) bond motifs is 5. The second kappa shape index (κ2) is 4.95. The van der Waals surface area contributed by atoms with Gasteiger partial charge in [0, 0.05) is 5.41 Å². The molecule has 2 nitrogen and oxygen atoms in total. The summed E-state index contributed by atoms with van der Waals surface area (Å²) < 4.78 is 14.7. The van der Waals surface area contributed by atoms with Crippen LogP contribution < -0.4 is 0 Å². The largest absolute Gasteiger partial charge is 0.508 e. The molecule has 0 radical (unpaired) electrons. The molecule has 0 aliphatic heterocycles. The average molecular weight is 318 g/mol. The van der Waals surface area contributed by atoms with Crippen molar-refractivity contribution in [3.8, 4) is 5.75 Å². The van der Waals surface area contributed by atoms with Crippen LogP contribution in [0.3, 0.4) is 0 Å². The first-order chi connectivity index (χ1) is 10.9. The topological polar surface area (TPSA) is 40.5 Å². The van der Waals surface area contributed by atoms with Crippen LogP contribution in [0.2, 0.25) is 0 Å².